The number of anilines is 1. The number of carbonyl (C=O) groups is 3. The van der Waals surface area contributed by atoms with Crippen molar-refractivity contribution in [2.75, 3.05) is 5.32 Å². The van der Waals surface area contributed by atoms with Gasteiger partial charge in [0.25, 0.3) is 0 Å². The highest BCUT2D eigenvalue weighted by atomic mass is 16.1. The summed E-state index contributed by atoms with van der Waals surface area (Å²) in [6, 6.07) is 0. The maximum absolute atomic E-state index is 11.9. The Balaban J connectivity index is 3.71. The van der Waals surface area contributed by atoms with Crippen LogP contribution >= 0.6 is 0 Å². The van der Waals surface area contributed by atoms with Crippen molar-refractivity contribution >= 4 is 23.2 Å². The Bertz CT molecular complexity index is 559. The van der Waals surface area contributed by atoms with E-state index in [0.717, 1.165) is 11.1 Å². The first kappa shape index (κ1) is 16.1. The maximum Gasteiger partial charge on any atom is 0.224 e. The van der Waals surface area contributed by atoms with Crippen LogP contribution in [0.1, 0.15) is 64.6 Å². The Hall–Kier alpha value is -1.97. The molecule has 0 aliphatic heterocycles. The van der Waals surface area contributed by atoms with E-state index in [4.69, 9.17) is 0 Å². The molecule has 1 N–H and O–H groups in total. The molecule has 20 heavy (non-hydrogen) atoms. The molecular weight excluding hydrogens is 254 g/mol. The van der Waals surface area contributed by atoms with Crippen molar-refractivity contribution in [3.63, 3.8) is 0 Å². The molecule has 4 nitrogen and oxygen atoms in total. The predicted molar refractivity (Wildman–Crippen MR) is 79.6 cm³/mol. The van der Waals surface area contributed by atoms with Crippen molar-refractivity contribution in [1.29, 1.82) is 0 Å². The fourth-order valence-corrected chi connectivity index (χ4v) is 2.69. The molecule has 1 rings (SSSR count). The third-order valence-electron chi connectivity index (χ3n) is 3.54. The Morgan fingerprint density at radius 3 is 1.55 bits per heavy atom. The van der Waals surface area contributed by atoms with Gasteiger partial charge in [0.2, 0.25) is 5.91 Å². The zero-order valence-corrected chi connectivity index (χ0v) is 12.9. The van der Waals surface area contributed by atoms with Crippen LogP contribution in [-0.2, 0) is 4.79 Å². The van der Waals surface area contributed by atoms with Crippen molar-refractivity contribution in [1.82, 2.24) is 0 Å². The lowest BCUT2D eigenvalue weighted by molar-refractivity contribution is -0.115. The number of nitrogens with one attached hydrogen (secondary N) is 1. The van der Waals surface area contributed by atoms with E-state index < -0.39 is 0 Å². The Morgan fingerprint density at radius 1 is 0.850 bits per heavy atom. The molecular formula is C16H21NO3. The first-order valence-electron chi connectivity index (χ1n) is 6.67. The number of Topliss-reactive ketones (excluding diaryl/α,β-unsaturated/α-hetero) is 2. The number of carbonyl (C=O) groups excluding carboxylic acids is 3. The zero-order valence-electron chi connectivity index (χ0n) is 12.9. The highest BCUT2D eigenvalue weighted by Gasteiger charge is 2.22. The number of rotatable bonds is 4. The summed E-state index contributed by atoms with van der Waals surface area (Å²) in [6.07, 6.45) is 0.345. The Labute approximate surface area is 119 Å². The molecule has 1 amide bonds. The van der Waals surface area contributed by atoms with Crippen molar-refractivity contribution in [3.8, 4) is 0 Å². The quantitative estimate of drug-likeness (QED) is 0.857. The second-order valence-corrected chi connectivity index (χ2v) is 5.01. The second-order valence-electron chi connectivity index (χ2n) is 5.01. The zero-order chi connectivity index (χ0) is 15.6. The molecule has 0 aliphatic rings. The van der Waals surface area contributed by atoms with Gasteiger partial charge in [-0.1, -0.05) is 6.92 Å². The molecule has 0 aliphatic carbocycles. The second kappa shape index (κ2) is 5.99. The van der Waals surface area contributed by atoms with E-state index in [-0.39, 0.29) is 17.5 Å². The summed E-state index contributed by atoms with van der Waals surface area (Å²) in [7, 11) is 0. The van der Waals surface area contributed by atoms with E-state index in [2.05, 4.69) is 5.32 Å². The Morgan fingerprint density at radius 2 is 1.25 bits per heavy atom. The molecule has 0 aromatic heterocycles. The molecule has 0 bridgehead atoms. The van der Waals surface area contributed by atoms with Crippen molar-refractivity contribution in [2.45, 2.75) is 48.0 Å². The highest BCUT2D eigenvalue weighted by Crippen LogP contribution is 2.32. The van der Waals surface area contributed by atoms with E-state index in [1.165, 1.54) is 13.8 Å². The van der Waals surface area contributed by atoms with Crippen LogP contribution in [-0.4, -0.2) is 17.5 Å². The highest BCUT2D eigenvalue weighted by molar-refractivity contribution is 6.07. The molecule has 1 aromatic carbocycles. The average Bonchev–Trinajstić information content (AvgIpc) is 2.33. The van der Waals surface area contributed by atoms with Crippen LogP contribution in [0.3, 0.4) is 0 Å². The van der Waals surface area contributed by atoms with E-state index in [9.17, 15) is 14.4 Å². The Kier molecular flexibility index (Phi) is 4.82. The molecule has 0 atom stereocenters. The number of hydrogen-bond donors (Lipinski definition) is 1. The summed E-state index contributed by atoms with van der Waals surface area (Å²) in [4.78, 5) is 35.4. The normalized spacial score (nSPS) is 10.3. The third kappa shape index (κ3) is 2.79. The average molecular weight is 275 g/mol. The molecule has 0 fully saturated rings. The van der Waals surface area contributed by atoms with Crippen LogP contribution in [0.5, 0.6) is 0 Å². The van der Waals surface area contributed by atoms with Gasteiger partial charge in [-0.3, -0.25) is 14.4 Å². The molecule has 1 aromatic rings. The van der Waals surface area contributed by atoms with Gasteiger partial charge in [0.05, 0.1) is 0 Å². The van der Waals surface area contributed by atoms with Gasteiger partial charge in [0.15, 0.2) is 11.6 Å². The van der Waals surface area contributed by atoms with Crippen LogP contribution < -0.4 is 5.32 Å². The minimum atomic E-state index is -0.135. The number of ketones is 2. The lowest BCUT2D eigenvalue weighted by Crippen LogP contribution is -2.17. The summed E-state index contributed by atoms with van der Waals surface area (Å²) in [5.41, 5.74) is 3.75. The summed E-state index contributed by atoms with van der Waals surface area (Å²) < 4.78 is 0. The van der Waals surface area contributed by atoms with Crippen LogP contribution in [0.2, 0.25) is 0 Å². The SMILES string of the molecule is CCC(=O)Nc1c(C)c(C(C)=O)c(C)c(C(C)=O)c1C. The monoisotopic (exact) mass is 275 g/mol. The smallest absolute Gasteiger partial charge is 0.224 e. The minimum absolute atomic E-state index is 0.102. The van der Waals surface area contributed by atoms with Gasteiger partial charge in [-0.05, 0) is 51.3 Å². The van der Waals surface area contributed by atoms with Gasteiger partial charge in [-0.2, -0.15) is 0 Å². The van der Waals surface area contributed by atoms with Crippen molar-refractivity contribution in [2.24, 2.45) is 0 Å². The lowest BCUT2D eigenvalue weighted by atomic mass is 9.88. The third-order valence-corrected chi connectivity index (χ3v) is 3.54. The summed E-state index contributed by atoms with van der Waals surface area (Å²) in [5, 5.41) is 2.80. The molecule has 0 unspecified atom stereocenters. The number of amides is 1. The maximum atomic E-state index is 11.9. The number of benzene rings is 1. The van der Waals surface area contributed by atoms with Crippen LogP contribution in [0.4, 0.5) is 5.69 Å². The van der Waals surface area contributed by atoms with Gasteiger partial charge in [-0.15, -0.1) is 0 Å². The summed E-state index contributed by atoms with van der Waals surface area (Å²) >= 11 is 0. The standard InChI is InChI=1S/C16H21NO3/c1-7-13(20)17-16-9(3)14(11(5)18)8(2)15(10(16)4)12(6)19/h7H2,1-6H3,(H,17,20). The first-order chi connectivity index (χ1) is 9.22. The molecule has 4 heteroatoms. The minimum Gasteiger partial charge on any atom is -0.326 e. The molecule has 0 saturated carbocycles. The molecule has 0 radical (unpaired) electrons. The van der Waals surface area contributed by atoms with E-state index in [0.29, 0.717) is 28.8 Å². The van der Waals surface area contributed by atoms with E-state index >= 15 is 0 Å². The summed E-state index contributed by atoms with van der Waals surface area (Å²) in [6.45, 7) is 10.1. The largest absolute Gasteiger partial charge is 0.326 e. The molecule has 0 heterocycles. The van der Waals surface area contributed by atoms with Crippen LogP contribution in [0, 0.1) is 20.8 Å². The van der Waals surface area contributed by atoms with Gasteiger partial charge in [-0.25, -0.2) is 0 Å². The lowest BCUT2D eigenvalue weighted by Gasteiger charge is -2.20. The van der Waals surface area contributed by atoms with Crippen molar-refractivity contribution in [3.05, 3.63) is 27.8 Å². The van der Waals surface area contributed by atoms with Gasteiger partial charge in [0, 0.05) is 23.2 Å². The summed E-state index contributed by atoms with van der Waals surface area (Å²) in [5.74, 6) is -0.340. The fourth-order valence-electron chi connectivity index (χ4n) is 2.69. The topological polar surface area (TPSA) is 63.2 Å². The number of hydrogen-bond acceptors (Lipinski definition) is 3. The van der Waals surface area contributed by atoms with Crippen LogP contribution in [0.15, 0.2) is 0 Å². The fraction of sp³-hybridized carbons (Fsp3) is 0.438. The van der Waals surface area contributed by atoms with E-state index in [1.54, 1.807) is 27.7 Å². The van der Waals surface area contributed by atoms with Gasteiger partial charge in [0.1, 0.15) is 0 Å². The van der Waals surface area contributed by atoms with Crippen LogP contribution in [0.25, 0.3) is 0 Å². The molecule has 0 spiro atoms. The van der Waals surface area contributed by atoms with E-state index in [1.807, 2.05) is 0 Å². The van der Waals surface area contributed by atoms with Crippen molar-refractivity contribution < 1.29 is 14.4 Å². The van der Waals surface area contributed by atoms with Gasteiger partial charge < -0.3 is 5.32 Å². The molecule has 0 saturated heterocycles. The first-order valence-corrected chi connectivity index (χ1v) is 6.67. The predicted octanol–water partition coefficient (Wildman–Crippen LogP) is 3.37. The molecule has 108 valence electrons. The van der Waals surface area contributed by atoms with Gasteiger partial charge >= 0.3 is 0 Å².